The van der Waals surface area contributed by atoms with Gasteiger partial charge in [0.15, 0.2) is 6.10 Å². The zero-order valence-corrected chi connectivity index (χ0v) is 9.69. The number of aromatic hydroxyl groups is 1. The average molecular weight is 224 g/mol. The number of ether oxygens (including phenoxy) is 2. The molecule has 16 heavy (non-hydrogen) atoms. The van der Waals surface area contributed by atoms with Crippen molar-refractivity contribution in [2.75, 3.05) is 6.61 Å². The van der Waals surface area contributed by atoms with Gasteiger partial charge in [0.2, 0.25) is 0 Å². The van der Waals surface area contributed by atoms with Crippen LogP contribution in [-0.2, 0) is 9.53 Å². The molecule has 4 nitrogen and oxygen atoms in total. The maximum atomic E-state index is 11.3. The van der Waals surface area contributed by atoms with Gasteiger partial charge in [-0.3, -0.25) is 0 Å². The molecule has 1 N–H and O–H groups in total. The number of hydrogen-bond acceptors (Lipinski definition) is 4. The molecule has 0 heterocycles. The van der Waals surface area contributed by atoms with Crippen molar-refractivity contribution in [3.63, 3.8) is 0 Å². The fraction of sp³-hybridized carbons (Fsp3) is 0.417. The average Bonchev–Trinajstić information content (AvgIpc) is 2.24. The summed E-state index contributed by atoms with van der Waals surface area (Å²) in [6, 6.07) is 4.81. The van der Waals surface area contributed by atoms with Gasteiger partial charge in [-0.2, -0.15) is 0 Å². The number of benzene rings is 1. The number of carbonyl (C=O) groups excluding carboxylic acids is 1. The summed E-state index contributed by atoms with van der Waals surface area (Å²) in [5.41, 5.74) is 0.702. The van der Waals surface area contributed by atoms with Crippen LogP contribution in [0.25, 0.3) is 0 Å². The molecule has 1 unspecified atom stereocenters. The molecule has 1 aromatic rings. The summed E-state index contributed by atoms with van der Waals surface area (Å²) >= 11 is 0. The summed E-state index contributed by atoms with van der Waals surface area (Å²) in [6.07, 6.45) is -0.649. The normalized spacial score (nSPS) is 11.9. The molecular formula is C12H16O4. The maximum Gasteiger partial charge on any atom is 0.347 e. The van der Waals surface area contributed by atoms with E-state index in [0.29, 0.717) is 17.9 Å². The largest absolute Gasteiger partial charge is 0.508 e. The van der Waals surface area contributed by atoms with Crippen LogP contribution in [0, 0.1) is 6.92 Å². The number of hydrogen-bond donors (Lipinski definition) is 1. The van der Waals surface area contributed by atoms with Crippen molar-refractivity contribution in [2.24, 2.45) is 0 Å². The Kier molecular flexibility index (Phi) is 4.17. The number of aryl methyl sites for hydroxylation is 1. The first-order valence-corrected chi connectivity index (χ1v) is 5.17. The SMILES string of the molecule is CCOC(=O)C(C)Oc1ccc(O)c(C)c1. The minimum Gasteiger partial charge on any atom is -0.508 e. The lowest BCUT2D eigenvalue weighted by molar-refractivity contribution is -0.150. The quantitative estimate of drug-likeness (QED) is 0.795. The molecule has 0 bridgehead atoms. The molecular weight excluding hydrogens is 208 g/mol. The molecule has 0 aromatic heterocycles. The Hall–Kier alpha value is -1.71. The molecule has 0 fully saturated rings. The van der Waals surface area contributed by atoms with Gasteiger partial charge in [-0.1, -0.05) is 0 Å². The van der Waals surface area contributed by atoms with Crippen molar-refractivity contribution in [2.45, 2.75) is 26.9 Å². The van der Waals surface area contributed by atoms with E-state index in [1.165, 1.54) is 6.07 Å². The molecule has 0 spiro atoms. The minimum atomic E-state index is -0.649. The van der Waals surface area contributed by atoms with Crippen LogP contribution in [0.3, 0.4) is 0 Å². The molecule has 0 saturated carbocycles. The molecule has 0 saturated heterocycles. The Morgan fingerprint density at radius 1 is 1.50 bits per heavy atom. The fourth-order valence-electron chi connectivity index (χ4n) is 1.21. The predicted molar refractivity (Wildman–Crippen MR) is 59.6 cm³/mol. The van der Waals surface area contributed by atoms with Crippen LogP contribution in [0.15, 0.2) is 18.2 Å². The summed E-state index contributed by atoms with van der Waals surface area (Å²) < 4.78 is 10.2. The van der Waals surface area contributed by atoms with Gasteiger partial charge in [0.25, 0.3) is 0 Å². The van der Waals surface area contributed by atoms with Crippen LogP contribution in [0.2, 0.25) is 0 Å². The number of phenolic OH excluding ortho intramolecular Hbond substituents is 1. The van der Waals surface area contributed by atoms with Gasteiger partial charge in [0, 0.05) is 0 Å². The van der Waals surface area contributed by atoms with Gasteiger partial charge in [-0.05, 0) is 44.5 Å². The van der Waals surface area contributed by atoms with Crippen LogP contribution in [0.5, 0.6) is 11.5 Å². The van der Waals surface area contributed by atoms with Gasteiger partial charge in [-0.15, -0.1) is 0 Å². The lowest BCUT2D eigenvalue weighted by Gasteiger charge is -2.13. The number of carbonyl (C=O) groups is 1. The molecule has 0 aliphatic heterocycles. The zero-order chi connectivity index (χ0) is 12.1. The molecule has 1 rings (SSSR count). The predicted octanol–water partition coefficient (Wildman–Crippen LogP) is 2.03. The van der Waals surface area contributed by atoms with E-state index in [2.05, 4.69) is 0 Å². The smallest absolute Gasteiger partial charge is 0.347 e. The molecule has 1 atom stereocenters. The molecule has 0 radical (unpaired) electrons. The van der Waals surface area contributed by atoms with Crippen molar-refractivity contribution in [3.05, 3.63) is 23.8 Å². The minimum absolute atomic E-state index is 0.205. The van der Waals surface area contributed by atoms with Crippen molar-refractivity contribution < 1.29 is 19.4 Å². The third kappa shape index (κ3) is 3.15. The van der Waals surface area contributed by atoms with Crippen molar-refractivity contribution in [3.8, 4) is 11.5 Å². The van der Waals surface area contributed by atoms with Crippen LogP contribution in [0.4, 0.5) is 0 Å². The van der Waals surface area contributed by atoms with Gasteiger partial charge < -0.3 is 14.6 Å². The highest BCUT2D eigenvalue weighted by Crippen LogP contribution is 2.22. The van der Waals surface area contributed by atoms with Gasteiger partial charge >= 0.3 is 5.97 Å². The second-order valence-electron chi connectivity index (χ2n) is 3.46. The van der Waals surface area contributed by atoms with Gasteiger partial charge in [0.1, 0.15) is 11.5 Å². The van der Waals surface area contributed by atoms with Crippen LogP contribution < -0.4 is 4.74 Å². The Balaban J connectivity index is 2.66. The fourth-order valence-corrected chi connectivity index (χ4v) is 1.21. The van der Waals surface area contributed by atoms with E-state index in [-0.39, 0.29) is 5.75 Å². The molecule has 4 heteroatoms. The highest BCUT2D eigenvalue weighted by molar-refractivity contribution is 5.74. The Morgan fingerprint density at radius 3 is 2.75 bits per heavy atom. The van der Waals surface area contributed by atoms with Crippen LogP contribution in [-0.4, -0.2) is 23.8 Å². The van der Waals surface area contributed by atoms with Crippen LogP contribution in [0.1, 0.15) is 19.4 Å². The molecule has 0 aliphatic rings. The molecule has 0 aliphatic carbocycles. The topological polar surface area (TPSA) is 55.8 Å². The summed E-state index contributed by atoms with van der Waals surface area (Å²) in [5, 5.41) is 9.32. The summed E-state index contributed by atoms with van der Waals surface area (Å²) in [5.74, 6) is 0.347. The van der Waals surface area contributed by atoms with E-state index >= 15 is 0 Å². The van der Waals surface area contributed by atoms with Gasteiger partial charge in [0.05, 0.1) is 6.61 Å². The van der Waals surface area contributed by atoms with Crippen molar-refractivity contribution in [1.29, 1.82) is 0 Å². The highest BCUT2D eigenvalue weighted by Gasteiger charge is 2.15. The second-order valence-corrected chi connectivity index (χ2v) is 3.46. The van der Waals surface area contributed by atoms with E-state index in [4.69, 9.17) is 9.47 Å². The first-order valence-electron chi connectivity index (χ1n) is 5.17. The standard InChI is InChI=1S/C12H16O4/c1-4-15-12(14)9(3)16-10-5-6-11(13)8(2)7-10/h5-7,9,13H,4H2,1-3H3. The third-order valence-electron chi connectivity index (χ3n) is 2.10. The van der Waals surface area contributed by atoms with E-state index in [9.17, 15) is 9.90 Å². The van der Waals surface area contributed by atoms with E-state index in [1.807, 2.05) is 0 Å². The Morgan fingerprint density at radius 2 is 2.19 bits per heavy atom. The summed E-state index contributed by atoms with van der Waals surface area (Å²) in [6.45, 7) is 5.47. The Labute approximate surface area is 94.8 Å². The highest BCUT2D eigenvalue weighted by atomic mass is 16.6. The maximum absolute atomic E-state index is 11.3. The monoisotopic (exact) mass is 224 g/mol. The Bertz CT molecular complexity index is 373. The number of rotatable bonds is 4. The van der Waals surface area contributed by atoms with Crippen molar-refractivity contribution in [1.82, 2.24) is 0 Å². The summed E-state index contributed by atoms with van der Waals surface area (Å²) in [7, 11) is 0. The molecule has 1 aromatic carbocycles. The third-order valence-corrected chi connectivity index (χ3v) is 2.10. The van der Waals surface area contributed by atoms with Crippen LogP contribution >= 0.6 is 0 Å². The lowest BCUT2D eigenvalue weighted by atomic mass is 10.2. The zero-order valence-electron chi connectivity index (χ0n) is 9.69. The second kappa shape index (κ2) is 5.39. The van der Waals surface area contributed by atoms with Gasteiger partial charge in [-0.25, -0.2) is 4.79 Å². The number of esters is 1. The summed E-state index contributed by atoms with van der Waals surface area (Å²) in [4.78, 5) is 11.3. The number of phenols is 1. The van der Waals surface area contributed by atoms with E-state index < -0.39 is 12.1 Å². The lowest BCUT2D eigenvalue weighted by Crippen LogP contribution is -2.26. The first-order chi connectivity index (χ1) is 7.54. The molecule has 88 valence electrons. The molecule has 0 amide bonds. The van der Waals surface area contributed by atoms with E-state index in [1.54, 1.807) is 32.9 Å². The van der Waals surface area contributed by atoms with Crippen molar-refractivity contribution >= 4 is 5.97 Å². The first kappa shape index (κ1) is 12.4. The van der Waals surface area contributed by atoms with E-state index in [0.717, 1.165) is 0 Å².